The number of nitrogens with one attached hydrogen (secondary N) is 1. The molecule has 0 bridgehead atoms. The number of ether oxygens (including phenoxy) is 2. The molecule has 0 saturated heterocycles. The minimum absolute atomic E-state index is 0.195. The van der Waals surface area contributed by atoms with Crippen molar-refractivity contribution in [1.82, 2.24) is 15.1 Å². The van der Waals surface area contributed by atoms with Crippen LogP contribution in [-0.2, 0) is 13.0 Å². The second-order valence-corrected chi connectivity index (χ2v) is 6.49. The highest BCUT2D eigenvalue weighted by Crippen LogP contribution is 2.38. The molecule has 0 radical (unpaired) electrons. The van der Waals surface area contributed by atoms with Crippen molar-refractivity contribution in [1.29, 1.82) is 0 Å². The molecule has 8 heteroatoms. The predicted molar refractivity (Wildman–Crippen MR) is 84.4 cm³/mol. The third kappa shape index (κ3) is 3.18. The van der Waals surface area contributed by atoms with E-state index in [4.69, 9.17) is 9.47 Å². The van der Waals surface area contributed by atoms with Crippen LogP contribution < -0.4 is 9.47 Å². The molecule has 134 valence electrons. The Morgan fingerprint density at radius 1 is 1.28 bits per heavy atom. The largest absolute Gasteiger partial charge is 0.454 e. The van der Waals surface area contributed by atoms with Crippen LogP contribution >= 0.6 is 0 Å². The minimum atomic E-state index is -4.16. The van der Waals surface area contributed by atoms with Gasteiger partial charge in [-0.05, 0) is 25.1 Å². The van der Waals surface area contributed by atoms with E-state index in [1.807, 2.05) is 23.1 Å². The molecule has 1 atom stereocenters. The van der Waals surface area contributed by atoms with Gasteiger partial charge < -0.3 is 9.47 Å². The first-order chi connectivity index (χ1) is 11.9. The number of fused-ring (bicyclic) bond motifs is 2. The topological polar surface area (TPSA) is 50.4 Å². The lowest BCUT2D eigenvalue weighted by Crippen LogP contribution is -2.39. The molecule has 1 unspecified atom stereocenters. The zero-order valence-corrected chi connectivity index (χ0v) is 13.7. The Balaban J connectivity index is 1.59. The summed E-state index contributed by atoms with van der Waals surface area (Å²) in [6.45, 7) is 2.86. The molecule has 0 saturated carbocycles. The molecule has 0 amide bonds. The fourth-order valence-electron chi connectivity index (χ4n) is 3.44. The molecule has 2 aliphatic heterocycles. The summed E-state index contributed by atoms with van der Waals surface area (Å²) in [5.74, 6) is 1.35. The highest BCUT2D eigenvalue weighted by Gasteiger charge is 2.34. The molecular formula is C17H18F3N3O2. The van der Waals surface area contributed by atoms with E-state index < -0.39 is 18.6 Å². The van der Waals surface area contributed by atoms with E-state index in [9.17, 15) is 13.2 Å². The lowest BCUT2D eigenvalue weighted by Gasteiger charge is -2.33. The van der Waals surface area contributed by atoms with Crippen molar-refractivity contribution in [2.75, 3.05) is 13.3 Å². The average Bonchev–Trinajstić information content (AvgIpc) is 3.18. The second kappa shape index (κ2) is 5.94. The summed E-state index contributed by atoms with van der Waals surface area (Å²) in [5, 5.41) is 7.42. The number of hydrogen-bond acceptors (Lipinski definition) is 4. The number of hydrogen-bond donors (Lipinski definition) is 1. The Morgan fingerprint density at radius 3 is 2.88 bits per heavy atom. The quantitative estimate of drug-likeness (QED) is 0.918. The summed E-state index contributed by atoms with van der Waals surface area (Å²) >= 11 is 0. The number of benzene rings is 1. The number of rotatable bonds is 3. The van der Waals surface area contributed by atoms with Gasteiger partial charge in [0, 0.05) is 42.4 Å². The Bertz CT molecular complexity index is 788. The molecule has 1 aromatic heterocycles. The van der Waals surface area contributed by atoms with Crippen molar-refractivity contribution in [2.45, 2.75) is 38.5 Å². The van der Waals surface area contributed by atoms with Gasteiger partial charge in [-0.1, -0.05) is 0 Å². The Labute approximate surface area is 142 Å². The zero-order valence-electron chi connectivity index (χ0n) is 13.7. The van der Waals surface area contributed by atoms with Crippen LogP contribution in [0.4, 0.5) is 13.2 Å². The van der Waals surface area contributed by atoms with E-state index in [-0.39, 0.29) is 6.79 Å². The number of alkyl halides is 3. The molecule has 2 aromatic rings. The minimum Gasteiger partial charge on any atom is -0.454 e. The van der Waals surface area contributed by atoms with Crippen LogP contribution in [0.5, 0.6) is 11.5 Å². The van der Waals surface area contributed by atoms with Crippen LogP contribution in [0.15, 0.2) is 18.2 Å². The SMILES string of the molecule is CC(CC(F)(F)F)N1CCc2[nH]nc(-c3ccc4c(c3)OCO4)c2C1. The molecule has 25 heavy (non-hydrogen) atoms. The fourth-order valence-corrected chi connectivity index (χ4v) is 3.44. The maximum Gasteiger partial charge on any atom is 0.390 e. The van der Waals surface area contributed by atoms with E-state index in [2.05, 4.69) is 10.2 Å². The third-order valence-corrected chi connectivity index (χ3v) is 4.76. The molecule has 1 N–H and O–H groups in total. The standard InChI is InChI=1S/C17H18F3N3O2/c1-10(7-17(18,19)20)23-5-4-13-12(8-23)16(22-21-13)11-2-3-14-15(6-11)25-9-24-14/h2-3,6,10H,4-5,7-9H2,1H3,(H,21,22). The Hall–Kier alpha value is -2.22. The van der Waals surface area contributed by atoms with Crippen LogP contribution in [0.1, 0.15) is 24.6 Å². The number of aromatic nitrogens is 2. The lowest BCUT2D eigenvalue weighted by molar-refractivity contribution is -0.146. The first kappa shape index (κ1) is 16.3. The normalized spacial score (nSPS) is 18.2. The Kier molecular flexibility index (Phi) is 3.87. The van der Waals surface area contributed by atoms with Crippen LogP contribution in [-0.4, -0.2) is 40.7 Å². The number of nitrogens with zero attached hydrogens (tertiary/aromatic N) is 2. The van der Waals surface area contributed by atoms with E-state index >= 15 is 0 Å². The van der Waals surface area contributed by atoms with Gasteiger partial charge in [0.1, 0.15) is 0 Å². The summed E-state index contributed by atoms with van der Waals surface area (Å²) in [4.78, 5) is 1.86. The van der Waals surface area contributed by atoms with Crippen molar-refractivity contribution >= 4 is 0 Å². The molecule has 0 aliphatic carbocycles. The number of aromatic amines is 1. The van der Waals surface area contributed by atoms with E-state index in [0.717, 1.165) is 22.5 Å². The van der Waals surface area contributed by atoms with Crippen LogP contribution in [0, 0.1) is 0 Å². The fraction of sp³-hybridized carbons (Fsp3) is 0.471. The van der Waals surface area contributed by atoms with Crippen LogP contribution in [0.25, 0.3) is 11.3 Å². The van der Waals surface area contributed by atoms with Gasteiger partial charge in [-0.25, -0.2) is 0 Å². The zero-order chi connectivity index (χ0) is 17.6. The predicted octanol–water partition coefficient (Wildman–Crippen LogP) is 3.50. The molecular weight excluding hydrogens is 335 g/mol. The van der Waals surface area contributed by atoms with Crippen LogP contribution in [0.3, 0.4) is 0 Å². The van der Waals surface area contributed by atoms with Gasteiger partial charge in [0.25, 0.3) is 0 Å². The van der Waals surface area contributed by atoms with Crippen molar-refractivity contribution in [3.05, 3.63) is 29.5 Å². The van der Waals surface area contributed by atoms with Crippen molar-refractivity contribution in [3.63, 3.8) is 0 Å². The van der Waals surface area contributed by atoms with Crippen molar-refractivity contribution in [2.24, 2.45) is 0 Å². The maximum atomic E-state index is 12.7. The summed E-state index contributed by atoms with van der Waals surface area (Å²) in [5.41, 5.74) is 3.58. The second-order valence-electron chi connectivity index (χ2n) is 6.49. The third-order valence-electron chi connectivity index (χ3n) is 4.76. The van der Waals surface area contributed by atoms with Gasteiger partial charge in [-0.3, -0.25) is 10.00 Å². The van der Waals surface area contributed by atoms with E-state index in [0.29, 0.717) is 31.0 Å². The van der Waals surface area contributed by atoms with E-state index in [1.165, 1.54) is 0 Å². The molecule has 2 aliphatic rings. The highest BCUT2D eigenvalue weighted by molar-refractivity contribution is 5.68. The Morgan fingerprint density at radius 2 is 2.08 bits per heavy atom. The average molecular weight is 353 g/mol. The highest BCUT2D eigenvalue weighted by atomic mass is 19.4. The van der Waals surface area contributed by atoms with Crippen molar-refractivity contribution in [3.8, 4) is 22.8 Å². The number of H-pyrrole nitrogens is 1. The lowest BCUT2D eigenvalue weighted by atomic mass is 9.99. The summed E-state index contributed by atoms with van der Waals surface area (Å²) in [6, 6.07) is 5.01. The van der Waals surface area contributed by atoms with Gasteiger partial charge in [-0.15, -0.1) is 0 Å². The summed E-state index contributed by atoms with van der Waals surface area (Å²) in [6.07, 6.45) is -4.30. The van der Waals surface area contributed by atoms with Gasteiger partial charge in [0.15, 0.2) is 11.5 Å². The van der Waals surface area contributed by atoms with Crippen LogP contribution in [0.2, 0.25) is 0 Å². The molecule has 1 aromatic carbocycles. The van der Waals surface area contributed by atoms with Gasteiger partial charge in [0.05, 0.1) is 12.1 Å². The number of halogens is 3. The molecule has 3 heterocycles. The molecule has 5 nitrogen and oxygen atoms in total. The summed E-state index contributed by atoms with van der Waals surface area (Å²) < 4.78 is 48.8. The van der Waals surface area contributed by atoms with Gasteiger partial charge in [-0.2, -0.15) is 18.3 Å². The summed E-state index contributed by atoms with van der Waals surface area (Å²) in [7, 11) is 0. The van der Waals surface area contributed by atoms with E-state index in [1.54, 1.807) is 6.92 Å². The maximum absolute atomic E-state index is 12.7. The molecule has 4 rings (SSSR count). The van der Waals surface area contributed by atoms with Gasteiger partial charge >= 0.3 is 6.18 Å². The molecule has 0 fully saturated rings. The smallest absolute Gasteiger partial charge is 0.390 e. The first-order valence-corrected chi connectivity index (χ1v) is 8.17. The monoisotopic (exact) mass is 353 g/mol. The van der Waals surface area contributed by atoms with Gasteiger partial charge in [0.2, 0.25) is 6.79 Å². The van der Waals surface area contributed by atoms with Crippen molar-refractivity contribution < 1.29 is 22.6 Å². The molecule has 0 spiro atoms. The first-order valence-electron chi connectivity index (χ1n) is 8.17.